The molecule has 0 saturated heterocycles. The molecule has 21 heavy (non-hydrogen) atoms. The molecular formula is C16H23N3O2. The minimum atomic E-state index is -0.106. The lowest BCUT2D eigenvalue weighted by atomic mass is 10.1. The van der Waals surface area contributed by atoms with Crippen molar-refractivity contribution < 1.29 is 9.90 Å². The fourth-order valence-corrected chi connectivity index (χ4v) is 2.45. The first kappa shape index (κ1) is 15.4. The Balaban J connectivity index is 1.78. The molecule has 1 heterocycles. The second-order valence-electron chi connectivity index (χ2n) is 5.00. The number of aliphatic hydroxyl groups is 1. The van der Waals surface area contributed by atoms with Crippen molar-refractivity contribution in [1.82, 2.24) is 15.2 Å². The van der Waals surface area contributed by atoms with E-state index in [1.54, 1.807) is 4.90 Å². The molecule has 0 spiro atoms. The molecule has 0 aliphatic carbocycles. The van der Waals surface area contributed by atoms with E-state index in [4.69, 9.17) is 5.11 Å². The van der Waals surface area contributed by atoms with Crippen molar-refractivity contribution in [2.24, 2.45) is 0 Å². The number of nitrogens with one attached hydrogen (secondary N) is 2. The summed E-state index contributed by atoms with van der Waals surface area (Å²) in [5, 5.41) is 13.0. The van der Waals surface area contributed by atoms with Crippen molar-refractivity contribution in [1.29, 1.82) is 0 Å². The number of aryl methyl sites for hydroxylation is 1. The number of hydrogen-bond donors (Lipinski definition) is 3. The highest BCUT2D eigenvalue weighted by molar-refractivity contribution is 5.83. The number of carbonyl (C=O) groups is 1. The number of para-hydroxylation sites is 1. The van der Waals surface area contributed by atoms with E-state index in [-0.39, 0.29) is 12.6 Å². The van der Waals surface area contributed by atoms with Crippen LogP contribution in [0.25, 0.3) is 10.9 Å². The molecule has 0 radical (unpaired) electrons. The number of carbonyl (C=O) groups excluding carboxylic acids is 1. The molecule has 0 fully saturated rings. The Hall–Kier alpha value is -2.01. The first-order valence-corrected chi connectivity index (χ1v) is 7.45. The zero-order chi connectivity index (χ0) is 15.1. The van der Waals surface area contributed by atoms with Gasteiger partial charge in [-0.05, 0) is 31.4 Å². The van der Waals surface area contributed by atoms with Gasteiger partial charge < -0.3 is 20.3 Å². The quantitative estimate of drug-likeness (QED) is 0.683. The molecule has 2 amide bonds. The van der Waals surface area contributed by atoms with E-state index in [2.05, 4.69) is 22.4 Å². The standard InChI is InChI=1S/C16H23N3O2/c1-2-19(10-11-20)16(21)17-9-5-6-13-12-18-15-8-4-3-7-14(13)15/h3-4,7-8,12,18,20H,2,5-6,9-11H2,1H3,(H,17,21). The van der Waals surface area contributed by atoms with Gasteiger partial charge >= 0.3 is 6.03 Å². The Morgan fingerprint density at radius 3 is 2.95 bits per heavy atom. The molecule has 0 bridgehead atoms. The minimum Gasteiger partial charge on any atom is -0.395 e. The third-order valence-corrected chi connectivity index (χ3v) is 3.61. The number of aromatic nitrogens is 1. The lowest BCUT2D eigenvalue weighted by Crippen LogP contribution is -2.41. The van der Waals surface area contributed by atoms with E-state index in [1.807, 2.05) is 25.3 Å². The minimum absolute atomic E-state index is 0.00337. The Morgan fingerprint density at radius 1 is 1.38 bits per heavy atom. The topological polar surface area (TPSA) is 68.4 Å². The van der Waals surface area contributed by atoms with Gasteiger partial charge in [0.1, 0.15) is 0 Å². The maximum absolute atomic E-state index is 11.8. The van der Waals surface area contributed by atoms with E-state index in [0.717, 1.165) is 18.4 Å². The summed E-state index contributed by atoms with van der Waals surface area (Å²) in [6, 6.07) is 8.12. The molecule has 3 N–H and O–H groups in total. The van der Waals surface area contributed by atoms with Crippen molar-refractivity contribution in [2.45, 2.75) is 19.8 Å². The predicted molar refractivity (Wildman–Crippen MR) is 84.4 cm³/mol. The van der Waals surface area contributed by atoms with Crippen LogP contribution in [-0.4, -0.2) is 47.3 Å². The molecule has 114 valence electrons. The van der Waals surface area contributed by atoms with Crippen LogP contribution in [0.4, 0.5) is 4.79 Å². The average molecular weight is 289 g/mol. The highest BCUT2D eigenvalue weighted by atomic mass is 16.3. The van der Waals surface area contributed by atoms with Crippen molar-refractivity contribution in [2.75, 3.05) is 26.2 Å². The first-order chi connectivity index (χ1) is 10.3. The molecule has 2 aromatic rings. The summed E-state index contributed by atoms with van der Waals surface area (Å²) in [4.78, 5) is 16.7. The van der Waals surface area contributed by atoms with Gasteiger partial charge in [-0.15, -0.1) is 0 Å². The van der Waals surface area contributed by atoms with Crippen LogP contribution in [0.5, 0.6) is 0 Å². The van der Waals surface area contributed by atoms with E-state index in [0.29, 0.717) is 19.6 Å². The Labute approximate surface area is 125 Å². The van der Waals surface area contributed by atoms with E-state index >= 15 is 0 Å². The van der Waals surface area contributed by atoms with Gasteiger partial charge in [0.25, 0.3) is 0 Å². The predicted octanol–water partition coefficient (Wildman–Crippen LogP) is 2.12. The van der Waals surface area contributed by atoms with E-state index < -0.39 is 0 Å². The maximum Gasteiger partial charge on any atom is 0.317 e. The van der Waals surface area contributed by atoms with Gasteiger partial charge in [-0.25, -0.2) is 4.79 Å². The van der Waals surface area contributed by atoms with Crippen LogP contribution < -0.4 is 5.32 Å². The molecule has 1 aromatic carbocycles. The molecule has 0 aliphatic heterocycles. The molecule has 0 atom stereocenters. The molecule has 0 aliphatic rings. The number of H-pyrrole nitrogens is 1. The molecular weight excluding hydrogens is 266 g/mol. The number of urea groups is 1. The van der Waals surface area contributed by atoms with Crippen molar-refractivity contribution in [3.05, 3.63) is 36.0 Å². The zero-order valence-electron chi connectivity index (χ0n) is 12.4. The number of aliphatic hydroxyl groups excluding tert-OH is 1. The fourth-order valence-electron chi connectivity index (χ4n) is 2.45. The summed E-state index contributed by atoms with van der Waals surface area (Å²) < 4.78 is 0. The van der Waals surface area contributed by atoms with Crippen LogP contribution in [0.1, 0.15) is 18.9 Å². The van der Waals surface area contributed by atoms with E-state index in [1.165, 1.54) is 10.9 Å². The summed E-state index contributed by atoms with van der Waals surface area (Å²) in [5.74, 6) is 0. The van der Waals surface area contributed by atoms with Gasteiger partial charge in [0.05, 0.1) is 6.61 Å². The molecule has 5 heteroatoms. The average Bonchev–Trinajstić information content (AvgIpc) is 2.92. The summed E-state index contributed by atoms with van der Waals surface area (Å²) in [6.07, 6.45) is 3.86. The molecule has 2 rings (SSSR count). The highest BCUT2D eigenvalue weighted by Gasteiger charge is 2.09. The second kappa shape index (κ2) is 7.69. The fraction of sp³-hybridized carbons (Fsp3) is 0.438. The molecule has 0 unspecified atom stereocenters. The van der Waals surface area contributed by atoms with Crippen LogP contribution in [0, 0.1) is 0 Å². The first-order valence-electron chi connectivity index (χ1n) is 7.45. The van der Waals surface area contributed by atoms with Gasteiger partial charge in [0, 0.05) is 36.7 Å². The van der Waals surface area contributed by atoms with E-state index in [9.17, 15) is 4.79 Å². The number of hydrogen-bond acceptors (Lipinski definition) is 2. The van der Waals surface area contributed by atoms with Crippen LogP contribution in [0.2, 0.25) is 0 Å². The van der Waals surface area contributed by atoms with Gasteiger partial charge in [0.2, 0.25) is 0 Å². The Kier molecular flexibility index (Phi) is 5.63. The SMILES string of the molecule is CCN(CCO)C(=O)NCCCc1c[nH]c2ccccc12. The monoisotopic (exact) mass is 289 g/mol. The second-order valence-corrected chi connectivity index (χ2v) is 5.00. The lowest BCUT2D eigenvalue weighted by Gasteiger charge is -2.20. The normalized spacial score (nSPS) is 10.8. The number of aromatic amines is 1. The number of amides is 2. The number of rotatable bonds is 7. The Bertz CT molecular complexity index is 580. The van der Waals surface area contributed by atoms with Gasteiger partial charge in [-0.3, -0.25) is 0 Å². The van der Waals surface area contributed by atoms with Crippen molar-refractivity contribution in [3.8, 4) is 0 Å². The highest BCUT2D eigenvalue weighted by Crippen LogP contribution is 2.18. The number of benzene rings is 1. The third-order valence-electron chi connectivity index (χ3n) is 3.61. The van der Waals surface area contributed by atoms with Crippen molar-refractivity contribution >= 4 is 16.9 Å². The summed E-state index contributed by atoms with van der Waals surface area (Å²) >= 11 is 0. The number of likely N-dealkylation sites (N-methyl/N-ethyl adjacent to an activating group) is 1. The smallest absolute Gasteiger partial charge is 0.317 e. The van der Waals surface area contributed by atoms with Gasteiger partial charge in [-0.2, -0.15) is 0 Å². The Morgan fingerprint density at radius 2 is 2.19 bits per heavy atom. The summed E-state index contributed by atoms with van der Waals surface area (Å²) in [6.45, 7) is 3.53. The third kappa shape index (κ3) is 3.98. The van der Waals surface area contributed by atoms with Gasteiger partial charge in [0.15, 0.2) is 0 Å². The number of fused-ring (bicyclic) bond motifs is 1. The molecule has 0 saturated carbocycles. The van der Waals surface area contributed by atoms with Crippen LogP contribution in [0.15, 0.2) is 30.5 Å². The largest absolute Gasteiger partial charge is 0.395 e. The lowest BCUT2D eigenvalue weighted by molar-refractivity contribution is 0.180. The summed E-state index contributed by atoms with van der Waals surface area (Å²) in [5.41, 5.74) is 2.43. The summed E-state index contributed by atoms with van der Waals surface area (Å²) in [7, 11) is 0. The molecule has 5 nitrogen and oxygen atoms in total. The molecule has 1 aromatic heterocycles. The maximum atomic E-state index is 11.8. The van der Waals surface area contributed by atoms with Crippen LogP contribution in [-0.2, 0) is 6.42 Å². The number of nitrogens with zero attached hydrogens (tertiary/aromatic N) is 1. The van der Waals surface area contributed by atoms with Crippen LogP contribution in [0.3, 0.4) is 0 Å². The van der Waals surface area contributed by atoms with Gasteiger partial charge in [-0.1, -0.05) is 18.2 Å². The zero-order valence-corrected chi connectivity index (χ0v) is 12.4. The van der Waals surface area contributed by atoms with Crippen molar-refractivity contribution in [3.63, 3.8) is 0 Å². The van der Waals surface area contributed by atoms with Crippen LogP contribution >= 0.6 is 0 Å².